The van der Waals surface area contributed by atoms with Crippen molar-refractivity contribution in [1.82, 2.24) is 4.98 Å². The highest BCUT2D eigenvalue weighted by atomic mass is 35.5. The van der Waals surface area contributed by atoms with Crippen LogP contribution in [-0.2, 0) is 10.0 Å². The van der Waals surface area contributed by atoms with Gasteiger partial charge in [-0.05, 0) is 19.1 Å². The second-order valence-electron chi connectivity index (χ2n) is 3.13. The molecule has 0 unspecified atom stereocenters. The lowest BCUT2D eigenvalue weighted by Gasteiger charge is -2.08. The maximum Gasteiger partial charge on any atom is 0.232 e. The van der Waals surface area contributed by atoms with Crippen LogP contribution < -0.4 is 4.72 Å². The Kier molecular flexibility index (Phi) is 3.05. The number of nitrogens with zero attached hydrogens (tertiary/aromatic N) is 1. The fourth-order valence-electron chi connectivity index (χ4n) is 1.23. The van der Waals surface area contributed by atoms with Gasteiger partial charge in [0.1, 0.15) is 5.52 Å². The average molecular weight is 277 g/mol. The molecule has 2 aromatic rings. The molecule has 0 fully saturated rings. The van der Waals surface area contributed by atoms with Gasteiger partial charge in [0.2, 0.25) is 10.0 Å². The van der Waals surface area contributed by atoms with E-state index in [1.54, 1.807) is 18.5 Å². The van der Waals surface area contributed by atoms with Gasteiger partial charge in [-0.1, -0.05) is 11.6 Å². The van der Waals surface area contributed by atoms with E-state index in [0.29, 0.717) is 16.2 Å². The highest BCUT2D eigenvalue weighted by Crippen LogP contribution is 2.32. The number of aromatic nitrogens is 1. The third-order valence-corrected chi connectivity index (χ3v) is 4.47. The monoisotopic (exact) mass is 276 g/mol. The number of sulfonamides is 1. The van der Waals surface area contributed by atoms with Crippen LogP contribution in [0.5, 0.6) is 0 Å². The van der Waals surface area contributed by atoms with Crippen LogP contribution in [0, 0.1) is 0 Å². The Hall–Kier alpha value is -0.850. The zero-order valence-corrected chi connectivity index (χ0v) is 10.8. The SMILES string of the molecule is CCS(=O)(=O)Nc1c(Cl)ccc2scnc12. The van der Waals surface area contributed by atoms with E-state index in [0.717, 1.165) is 4.70 Å². The lowest BCUT2D eigenvalue weighted by molar-refractivity contribution is 0.602. The minimum Gasteiger partial charge on any atom is -0.280 e. The van der Waals surface area contributed by atoms with E-state index >= 15 is 0 Å². The summed E-state index contributed by atoms with van der Waals surface area (Å²) in [5.41, 5.74) is 2.61. The van der Waals surface area contributed by atoms with Crippen molar-refractivity contribution in [2.45, 2.75) is 6.92 Å². The lowest BCUT2D eigenvalue weighted by Crippen LogP contribution is -2.15. The summed E-state index contributed by atoms with van der Waals surface area (Å²) in [7, 11) is -3.33. The van der Waals surface area contributed by atoms with Crippen LogP contribution in [0.15, 0.2) is 17.6 Å². The second-order valence-corrected chi connectivity index (χ2v) is 6.43. The smallest absolute Gasteiger partial charge is 0.232 e. The van der Waals surface area contributed by atoms with E-state index in [2.05, 4.69) is 9.71 Å². The Morgan fingerprint density at radius 3 is 2.94 bits per heavy atom. The van der Waals surface area contributed by atoms with Crippen LogP contribution in [0.1, 0.15) is 6.92 Å². The Morgan fingerprint density at radius 1 is 1.50 bits per heavy atom. The fourth-order valence-corrected chi connectivity index (χ4v) is 2.83. The second kappa shape index (κ2) is 4.20. The Labute approximate surface area is 102 Å². The van der Waals surface area contributed by atoms with Crippen molar-refractivity contribution < 1.29 is 8.42 Å². The van der Waals surface area contributed by atoms with Gasteiger partial charge in [0, 0.05) is 0 Å². The zero-order valence-electron chi connectivity index (χ0n) is 8.40. The quantitative estimate of drug-likeness (QED) is 0.938. The van der Waals surface area contributed by atoms with Gasteiger partial charge < -0.3 is 0 Å². The van der Waals surface area contributed by atoms with Crippen molar-refractivity contribution in [3.63, 3.8) is 0 Å². The van der Waals surface area contributed by atoms with Crippen LogP contribution in [0.2, 0.25) is 5.02 Å². The summed E-state index contributed by atoms with van der Waals surface area (Å²) in [6.45, 7) is 1.57. The van der Waals surface area contributed by atoms with Gasteiger partial charge in [0.05, 0.1) is 26.7 Å². The maximum atomic E-state index is 11.5. The van der Waals surface area contributed by atoms with Gasteiger partial charge in [-0.25, -0.2) is 13.4 Å². The first-order valence-corrected chi connectivity index (χ1v) is 7.46. The Bertz CT molecular complexity index is 621. The van der Waals surface area contributed by atoms with Gasteiger partial charge in [0.15, 0.2) is 0 Å². The van der Waals surface area contributed by atoms with E-state index in [1.807, 2.05) is 6.07 Å². The Balaban J connectivity index is 2.58. The molecule has 0 spiro atoms. The third-order valence-electron chi connectivity index (χ3n) is 2.09. The van der Waals surface area contributed by atoms with Crippen molar-refractivity contribution in [1.29, 1.82) is 0 Å². The summed E-state index contributed by atoms with van der Waals surface area (Å²) >= 11 is 7.40. The molecule has 0 aliphatic rings. The molecule has 7 heteroatoms. The van der Waals surface area contributed by atoms with Gasteiger partial charge in [-0.2, -0.15) is 0 Å². The number of benzene rings is 1. The predicted octanol–water partition coefficient (Wildman–Crippen LogP) is 2.71. The first-order chi connectivity index (χ1) is 7.53. The molecule has 0 atom stereocenters. The topological polar surface area (TPSA) is 59.1 Å². The number of halogens is 1. The van der Waals surface area contributed by atoms with E-state index < -0.39 is 10.0 Å². The molecule has 0 aliphatic heterocycles. The maximum absolute atomic E-state index is 11.5. The molecule has 0 bridgehead atoms. The molecule has 4 nitrogen and oxygen atoms in total. The van der Waals surface area contributed by atoms with Gasteiger partial charge in [-0.15, -0.1) is 11.3 Å². The predicted molar refractivity (Wildman–Crippen MR) is 67.7 cm³/mol. The highest BCUT2D eigenvalue weighted by molar-refractivity contribution is 7.92. The molecule has 0 radical (unpaired) electrons. The summed E-state index contributed by atoms with van der Waals surface area (Å²) in [6, 6.07) is 3.48. The molecule has 2 rings (SSSR count). The molecule has 0 saturated carbocycles. The lowest BCUT2D eigenvalue weighted by atomic mass is 10.3. The minimum absolute atomic E-state index is 0.00382. The number of anilines is 1. The van der Waals surface area contributed by atoms with Crippen LogP contribution in [0.3, 0.4) is 0 Å². The fraction of sp³-hybridized carbons (Fsp3) is 0.222. The molecule has 0 amide bonds. The van der Waals surface area contributed by atoms with Crippen LogP contribution in [0.4, 0.5) is 5.69 Å². The van der Waals surface area contributed by atoms with Gasteiger partial charge in [0.25, 0.3) is 0 Å². The molecule has 16 heavy (non-hydrogen) atoms. The number of fused-ring (bicyclic) bond motifs is 1. The van der Waals surface area contributed by atoms with Crippen molar-refractivity contribution in [3.05, 3.63) is 22.7 Å². The van der Waals surface area contributed by atoms with Gasteiger partial charge >= 0.3 is 0 Å². The number of nitrogens with one attached hydrogen (secondary N) is 1. The summed E-state index contributed by atoms with van der Waals surface area (Å²) in [6.07, 6.45) is 0. The largest absolute Gasteiger partial charge is 0.280 e. The molecule has 86 valence electrons. The normalized spacial score (nSPS) is 11.9. The first kappa shape index (κ1) is 11.6. The summed E-state index contributed by atoms with van der Waals surface area (Å²) in [5, 5.41) is 0.357. The van der Waals surface area contributed by atoms with Crippen LogP contribution in [-0.4, -0.2) is 19.2 Å². The molecule has 0 aliphatic carbocycles. The number of thiazole rings is 1. The summed E-state index contributed by atoms with van der Waals surface area (Å²) in [4.78, 5) is 4.11. The highest BCUT2D eigenvalue weighted by Gasteiger charge is 2.14. The number of hydrogen-bond donors (Lipinski definition) is 1. The zero-order chi connectivity index (χ0) is 11.8. The van der Waals surface area contributed by atoms with Crippen LogP contribution in [0.25, 0.3) is 10.2 Å². The first-order valence-electron chi connectivity index (χ1n) is 4.55. The van der Waals surface area contributed by atoms with E-state index in [4.69, 9.17) is 11.6 Å². The van der Waals surface area contributed by atoms with Crippen molar-refractivity contribution in [2.24, 2.45) is 0 Å². The summed E-state index contributed by atoms with van der Waals surface area (Å²) in [5.74, 6) is 0.00382. The average Bonchev–Trinajstić information content (AvgIpc) is 2.70. The Morgan fingerprint density at radius 2 is 2.25 bits per heavy atom. The molecular formula is C9H9ClN2O2S2. The third kappa shape index (κ3) is 2.14. The van der Waals surface area contributed by atoms with Crippen molar-refractivity contribution >= 4 is 48.9 Å². The molecule has 1 aromatic carbocycles. The molecule has 1 heterocycles. The number of hydrogen-bond acceptors (Lipinski definition) is 4. The molecule has 0 saturated heterocycles. The van der Waals surface area contributed by atoms with E-state index in [9.17, 15) is 8.42 Å². The van der Waals surface area contributed by atoms with Crippen LogP contribution >= 0.6 is 22.9 Å². The number of rotatable bonds is 3. The van der Waals surface area contributed by atoms with E-state index in [1.165, 1.54) is 11.3 Å². The molecular weight excluding hydrogens is 268 g/mol. The standard InChI is InChI=1S/C9H9ClN2O2S2/c1-2-16(13,14)12-8-6(10)3-4-7-9(8)11-5-15-7/h3-5,12H,2H2,1H3. The van der Waals surface area contributed by atoms with Crippen molar-refractivity contribution in [3.8, 4) is 0 Å². The van der Waals surface area contributed by atoms with E-state index in [-0.39, 0.29) is 5.75 Å². The van der Waals surface area contributed by atoms with Gasteiger partial charge in [-0.3, -0.25) is 4.72 Å². The molecule has 1 aromatic heterocycles. The molecule has 1 N–H and O–H groups in total. The van der Waals surface area contributed by atoms with Crippen molar-refractivity contribution in [2.75, 3.05) is 10.5 Å². The minimum atomic E-state index is -3.33. The summed E-state index contributed by atoms with van der Waals surface area (Å²) < 4.78 is 26.3.